The van der Waals surface area contributed by atoms with Gasteiger partial charge in [-0.3, -0.25) is 14.6 Å². The molecule has 2 aromatic rings. The van der Waals surface area contributed by atoms with Crippen molar-refractivity contribution in [3.05, 3.63) is 53.9 Å². The predicted molar refractivity (Wildman–Crippen MR) is 93.2 cm³/mol. The Hall–Kier alpha value is -3.09. The molecule has 0 bridgehead atoms. The van der Waals surface area contributed by atoms with Crippen molar-refractivity contribution in [2.75, 3.05) is 19.9 Å². The largest absolute Gasteiger partial charge is 0.454 e. The summed E-state index contributed by atoms with van der Waals surface area (Å²) in [6, 6.07) is 10.5. The summed E-state index contributed by atoms with van der Waals surface area (Å²) in [5.74, 6) is 1.06. The molecule has 1 aromatic heterocycles. The smallest absolute Gasteiger partial charge is 0.270 e. The zero-order valence-electron chi connectivity index (χ0n) is 14.2. The summed E-state index contributed by atoms with van der Waals surface area (Å²) in [4.78, 5) is 30.7. The molecule has 0 unspecified atom stereocenters. The number of piperidine rings is 1. The van der Waals surface area contributed by atoms with Gasteiger partial charge in [0.05, 0.1) is 0 Å². The summed E-state index contributed by atoms with van der Waals surface area (Å²) < 4.78 is 10.6. The molecule has 0 saturated carbocycles. The second-order valence-electron chi connectivity index (χ2n) is 6.32. The van der Waals surface area contributed by atoms with Gasteiger partial charge < -0.3 is 19.7 Å². The zero-order valence-corrected chi connectivity index (χ0v) is 14.2. The summed E-state index contributed by atoms with van der Waals surface area (Å²) in [7, 11) is 0. The van der Waals surface area contributed by atoms with E-state index in [1.54, 1.807) is 47.5 Å². The highest BCUT2D eigenvalue weighted by atomic mass is 16.7. The van der Waals surface area contributed by atoms with E-state index >= 15 is 0 Å². The third-order valence-corrected chi connectivity index (χ3v) is 4.63. The van der Waals surface area contributed by atoms with E-state index in [1.165, 1.54) is 0 Å². The third kappa shape index (κ3) is 3.33. The lowest BCUT2D eigenvalue weighted by Crippen LogP contribution is -2.46. The molecule has 1 fully saturated rings. The summed E-state index contributed by atoms with van der Waals surface area (Å²) in [6.45, 7) is 1.38. The maximum Gasteiger partial charge on any atom is 0.270 e. The molecule has 0 atom stereocenters. The van der Waals surface area contributed by atoms with Crippen LogP contribution in [0.3, 0.4) is 0 Å². The van der Waals surface area contributed by atoms with E-state index in [0.717, 1.165) is 12.8 Å². The average Bonchev–Trinajstić information content (AvgIpc) is 3.16. The number of hydrogen-bond acceptors (Lipinski definition) is 5. The highest BCUT2D eigenvalue weighted by Gasteiger charge is 2.26. The first kappa shape index (κ1) is 16.4. The van der Waals surface area contributed by atoms with Crippen molar-refractivity contribution in [1.82, 2.24) is 15.2 Å². The van der Waals surface area contributed by atoms with Gasteiger partial charge in [-0.15, -0.1) is 0 Å². The Kier molecular flexibility index (Phi) is 4.43. The second kappa shape index (κ2) is 7.03. The van der Waals surface area contributed by atoms with Gasteiger partial charge in [-0.2, -0.15) is 0 Å². The maximum absolute atomic E-state index is 12.7. The van der Waals surface area contributed by atoms with Gasteiger partial charge in [0.2, 0.25) is 6.79 Å². The van der Waals surface area contributed by atoms with Crippen molar-refractivity contribution in [2.24, 2.45) is 0 Å². The summed E-state index contributed by atoms with van der Waals surface area (Å²) in [5.41, 5.74) is 0.997. The van der Waals surface area contributed by atoms with Crippen LogP contribution >= 0.6 is 0 Å². The minimum absolute atomic E-state index is 0.0298. The molecule has 7 nitrogen and oxygen atoms in total. The molecule has 7 heteroatoms. The number of pyridine rings is 1. The topological polar surface area (TPSA) is 80.8 Å². The molecule has 1 N–H and O–H groups in total. The maximum atomic E-state index is 12.7. The number of nitrogens with one attached hydrogen (secondary N) is 1. The van der Waals surface area contributed by atoms with Crippen LogP contribution in [0.15, 0.2) is 42.6 Å². The Morgan fingerprint density at radius 3 is 2.65 bits per heavy atom. The Morgan fingerprint density at radius 2 is 1.88 bits per heavy atom. The first-order valence-electron chi connectivity index (χ1n) is 8.61. The van der Waals surface area contributed by atoms with E-state index in [1.807, 2.05) is 0 Å². The number of carbonyl (C=O) groups is 2. The highest BCUT2D eigenvalue weighted by molar-refractivity contribution is 5.95. The van der Waals surface area contributed by atoms with Crippen molar-refractivity contribution >= 4 is 11.8 Å². The van der Waals surface area contributed by atoms with Crippen LogP contribution in [0.25, 0.3) is 0 Å². The number of benzene rings is 1. The number of nitrogens with zero attached hydrogens (tertiary/aromatic N) is 2. The van der Waals surface area contributed by atoms with Crippen LogP contribution in [0.1, 0.15) is 33.7 Å². The molecule has 2 amide bonds. The SMILES string of the molecule is O=C(NC1CCN(C(=O)c2ccc3c(c2)OCO3)CC1)c1ccccn1. The number of carbonyl (C=O) groups excluding carboxylic acids is 2. The molecule has 2 aliphatic rings. The summed E-state index contributed by atoms with van der Waals surface area (Å²) >= 11 is 0. The second-order valence-corrected chi connectivity index (χ2v) is 6.32. The number of hydrogen-bond donors (Lipinski definition) is 1. The van der Waals surface area contributed by atoms with Crippen molar-refractivity contribution in [2.45, 2.75) is 18.9 Å². The van der Waals surface area contributed by atoms with Gasteiger partial charge in [0, 0.05) is 30.9 Å². The molecule has 134 valence electrons. The summed E-state index contributed by atoms with van der Waals surface area (Å²) in [5, 5.41) is 2.99. The van der Waals surface area contributed by atoms with Crippen LogP contribution in [0.5, 0.6) is 11.5 Å². The van der Waals surface area contributed by atoms with Gasteiger partial charge in [0.15, 0.2) is 11.5 Å². The molecule has 0 radical (unpaired) electrons. The predicted octanol–water partition coefficient (Wildman–Crippen LogP) is 1.84. The standard InChI is InChI=1S/C19H19N3O4/c23-18(15-3-1-2-8-20-15)21-14-6-9-22(10-7-14)19(24)13-4-5-16-17(11-13)26-12-25-16/h1-5,8,11,14H,6-7,9-10,12H2,(H,21,23). The minimum Gasteiger partial charge on any atom is -0.454 e. The molecule has 1 saturated heterocycles. The zero-order chi connectivity index (χ0) is 17.9. The first-order chi connectivity index (χ1) is 12.7. The minimum atomic E-state index is -0.175. The fourth-order valence-corrected chi connectivity index (χ4v) is 3.20. The average molecular weight is 353 g/mol. The van der Waals surface area contributed by atoms with E-state index in [2.05, 4.69) is 10.3 Å². The lowest BCUT2D eigenvalue weighted by molar-refractivity contribution is 0.0697. The Bertz CT molecular complexity index is 817. The molecule has 26 heavy (non-hydrogen) atoms. The summed E-state index contributed by atoms with van der Waals surface area (Å²) in [6.07, 6.45) is 3.03. The van der Waals surface area contributed by atoms with E-state index in [4.69, 9.17) is 9.47 Å². The van der Waals surface area contributed by atoms with E-state index in [0.29, 0.717) is 35.8 Å². The van der Waals surface area contributed by atoms with Gasteiger partial charge >= 0.3 is 0 Å². The number of amides is 2. The third-order valence-electron chi connectivity index (χ3n) is 4.63. The van der Waals surface area contributed by atoms with Crippen molar-refractivity contribution in [1.29, 1.82) is 0 Å². The lowest BCUT2D eigenvalue weighted by atomic mass is 10.0. The molecule has 0 aliphatic carbocycles. The quantitative estimate of drug-likeness (QED) is 0.911. The van der Waals surface area contributed by atoms with E-state index < -0.39 is 0 Å². The van der Waals surface area contributed by atoms with E-state index in [-0.39, 0.29) is 24.6 Å². The Morgan fingerprint density at radius 1 is 1.08 bits per heavy atom. The first-order valence-corrected chi connectivity index (χ1v) is 8.61. The number of likely N-dealkylation sites (tertiary alicyclic amines) is 1. The lowest BCUT2D eigenvalue weighted by Gasteiger charge is -2.32. The van der Waals surface area contributed by atoms with Gasteiger partial charge in [-0.05, 0) is 43.2 Å². The number of fused-ring (bicyclic) bond motifs is 1. The Labute approximate surface area is 150 Å². The normalized spacial score (nSPS) is 16.4. The fraction of sp³-hybridized carbons (Fsp3) is 0.316. The van der Waals surface area contributed by atoms with Crippen molar-refractivity contribution in [3.63, 3.8) is 0 Å². The molecule has 4 rings (SSSR count). The molecular weight excluding hydrogens is 334 g/mol. The molecular formula is C19H19N3O4. The molecule has 2 aliphatic heterocycles. The monoisotopic (exact) mass is 353 g/mol. The molecule has 0 spiro atoms. The van der Waals surface area contributed by atoms with Crippen LogP contribution in [0.2, 0.25) is 0 Å². The van der Waals surface area contributed by atoms with Gasteiger partial charge in [0.25, 0.3) is 11.8 Å². The van der Waals surface area contributed by atoms with Crippen LogP contribution in [0, 0.1) is 0 Å². The number of aromatic nitrogens is 1. The number of ether oxygens (including phenoxy) is 2. The highest BCUT2D eigenvalue weighted by Crippen LogP contribution is 2.33. The van der Waals surface area contributed by atoms with Crippen LogP contribution in [-0.4, -0.2) is 47.6 Å². The molecule has 1 aromatic carbocycles. The van der Waals surface area contributed by atoms with Crippen LogP contribution in [0.4, 0.5) is 0 Å². The number of rotatable bonds is 3. The van der Waals surface area contributed by atoms with Crippen molar-refractivity contribution < 1.29 is 19.1 Å². The Balaban J connectivity index is 1.33. The van der Waals surface area contributed by atoms with Gasteiger partial charge in [-0.1, -0.05) is 6.07 Å². The van der Waals surface area contributed by atoms with Gasteiger partial charge in [0.1, 0.15) is 5.69 Å². The fourth-order valence-electron chi connectivity index (χ4n) is 3.20. The van der Waals surface area contributed by atoms with Gasteiger partial charge in [-0.25, -0.2) is 0 Å². The van der Waals surface area contributed by atoms with Crippen molar-refractivity contribution in [3.8, 4) is 11.5 Å². The van der Waals surface area contributed by atoms with E-state index in [9.17, 15) is 9.59 Å². The van der Waals surface area contributed by atoms with Crippen LogP contribution < -0.4 is 14.8 Å². The molecule has 3 heterocycles. The van der Waals surface area contributed by atoms with Crippen LogP contribution in [-0.2, 0) is 0 Å².